The third-order valence-electron chi connectivity index (χ3n) is 6.76. The highest BCUT2D eigenvalue weighted by Crippen LogP contribution is 2.31. The van der Waals surface area contributed by atoms with Crippen LogP contribution in [0.1, 0.15) is 45.7 Å². The molecule has 1 N–H and O–H groups in total. The van der Waals surface area contributed by atoms with Crippen LogP contribution in [0.25, 0.3) is 10.9 Å². The molecule has 1 aliphatic rings. The van der Waals surface area contributed by atoms with Crippen LogP contribution in [-0.4, -0.2) is 40.1 Å². The zero-order chi connectivity index (χ0) is 26.9. The van der Waals surface area contributed by atoms with E-state index in [9.17, 15) is 23.1 Å². The van der Waals surface area contributed by atoms with E-state index in [0.717, 1.165) is 53.5 Å². The fourth-order valence-electron chi connectivity index (χ4n) is 4.83. The zero-order valence-corrected chi connectivity index (χ0v) is 20.9. The summed E-state index contributed by atoms with van der Waals surface area (Å²) in [6.07, 6.45) is -1.92. The molecule has 0 radical (unpaired) electrons. The molecule has 2 aromatic carbocycles. The zero-order valence-electron chi connectivity index (χ0n) is 20.9. The first-order chi connectivity index (χ1) is 18.2. The molecule has 1 fully saturated rings. The van der Waals surface area contributed by atoms with Crippen molar-refractivity contribution in [3.63, 3.8) is 0 Å². The SMILES string of the molecule is Cc1ccc2cc(CN(Cc3ccco3)C(=O)c3ccc(C(F)(F)F)cc3)c(N3CCCC(O)C3)nc2c1. The van der Waals surface area contributed by atoms with Gasteiger partial charge in [0, 0.05) is 29.6 Å². The number of anilines is 1. The number of fused-ring (bicyclic) bond motifs is 1. The summed E-state index contributed by atoms with van der Waals surface area (Å²) in [7, 11) is 0. The minimum atomic E-state index is -4.49. The number of aliphatic hydroxyl groups excluding tert-OH is 1. The van der Waals surface area contributed by atoms with Crippen LogP contribution >= 0.6 is 0 Å². The van der Waals surface area contributed by atoms with Crippen molar-refractivity contribution in [3.8, 4) is 0 Å². The fourth-order valence-corrected chi connectivity index (χ4v) is 4.83. The molecule has 1 atom stereocenters. The highest BCUT2D eigenvalue weighted by atomic mass is 19.4. The number of nitrogens with zero attached hydrogens (tertiary/aromatic N) is 3. The summed E-state index contributed by atoms with van der Waals surface area (Å²) in [6, 6.07) is 15.7. The second-order valence-electron chi connectivity index (χ2n) is 9.73. The quantitative estimate of drug-likeness (QED) is 0.338. The number of piperidine rings is 1. The van der Waals surface area contributed by atoms with Gasteiger partial charge in [-0.1, -0.05) is 12.1 Å². The number of aromatic nitrogens is 1. The van der Waals surface area contributed by atoms with E-state index < -0.39 is 23.8 Å². The number of pyridine rings is 1. The van der Waals surface area contributed by atoms with E-state index in [1.165, 1.54) is 18.4 Å². The molecule has 0 spiro atoms. The Balaban J connectivity index is 1.53. The standard InChI is InChI=1S/C29H28F3N3O3/c1-19-6-7-21-15-22(27(33-26(21)14-19)34-12-2-4-24(36)17-34)16-35(18-25-5-3-13-38-25)28(37)20-8-10-23(11-9-20)29(30,31)32/h3,5-11,13-15,24,36H,2,4,12,16-18H2,1H3. The second-order valence-corrected chi connectivity index (χ2v) is 9.73. The smallest absolute Gasteiger partial charge is 0.416 e. The maximum Gasteiger partial charge on any atom is 0.416 e. The lowest BCUT2D eigenvalue weighted by molar-refractivity contribution is -0.137. The number of furan rings is 1. The highest BCUT2D eigenvalue weighted by Gasteiger charge is 2.31. The van der Waals surface area contributed by atoms with Gasteiger partial charge < -0.3 is 19.3 Å². The topological polar surface area (TPSA) is 69.8 Å². The summed E-state index contributed by atoms with van der Waals surface area (Å²) >= 11 is 0. The summed E-state index contributed by atoms with van der Waals surface area (Å²) in [4.78, 5) is 22.1. The average Bonchev–Trinajstić information content (AvgIpc) is 3.40. The number of aliphatic hydroxyl groups is 1. The van der Waals surface area contributed by atoms with Crippen LogP contribution < -0.4 is 4.90 Å². The monoisotopic (exact) mass is 523 g/mol. The molecule has 38 heavy (non-hydrogen) atoms. The molecule has 2 aromatic heterocycles. The molecule has 0 aliphatic carbocycles. The molecule has 0 saturated carbocycles. The third-order valence-corrected chi connectivity index (χ3v) is 6.76. The first kappa shape index (κ1) is 25.8. The van der Waals surface area contributed by atoms with E-state index in [2.05, 4.69) is 0 Å². The number of aryl methyl sites for hydroxylation is 1. The Kier molecular flexibility index (Phi) is 7.12. The number of hydrogen-bond donors (Lipinski definition) is 1. The maximum absolute atomic E-state index is 13.6. The Labute approximate surface area is 218 Å². The van der Waals surface area contributed by atoms with Crippen LogP contribution in [0.15, 0.2) is 71.3 Å². The normalized spacial score (nSPS) is 16.1. The van der Waals surface area contributed by atoms with Crippen molar-refractivity contribution < 1.29 is 27.5 Å². The van der Waals surface area contributed by atoms with Crippen LogP contribution in [0.3, 0.4) is 0 Å². The predicted molar refractivity (Wildman–Crippen MR) is 138 cm³/mol. The fraction of sp³-hybridized carbons (Fsp3) is 0.310. The van der Waals surface area contributed by atoms with Crippen LogP contribution in [-0.2, 0) is 19.3 Å². The predicted octanol–water partition coefficient (Wildman–Crippen LogP) is 5.96. The van der Waals surface area contributed by atoms with Gasteiger partial charge >= 0.3 is 6.18 Å². The van der Waals surface area contributed by atoms with Gasteiger partial charge in [-0.15, -0.1) is 0 Å². The number of rotatable bonds is 6. The van der Waals surface area contributed by atoms with E-state index in [0.29, 0.717) is 18.1 Å². The Bertz CT molecular complexity index is 1420. The lowest BCUT2D eigenvalue weighted by Gasteiger charge is -2.33. The Hall–Kier alpha value is -3.85. The summed E-state index contributed by atoms with van der Waals surface area (Å²) in [5.41, 5.74) is 1.99. The Morgan fingerprint density at radius 1 is 1.13 bits per heavy atom. The molecule has 1 saturated heterocycles. The van der Waals surface area contributed by atoms with E-state index in [1.807, 2.05) is 36.1 Å². The minimum absolute atomic E-state index is 0.126. The molecule has 198 valence electrons. The number of carbonyl (C=O) groups excluding carboxylic acids is 1. The summed E-state index contributed by atoms with van der Waals surface area (Å²) in [5, 5.41) is 11.2. The van der Waals surface area contributed by atoms with E-state index in [-0.39, 0.29) is 18.7 Å². The van der Waals surface area contributed by atoms with Crippen molar-refractivity contribution in [2.24, 2.45) is 0 Å². The molecule has 9 heteroatoms. The van der Waals surface area contributed by atoms with Gasteiger partial charge in [0.15, 0.2) is 0 Å². The molecule has 3 heterocycles. The van der Waals surface area contributed by atoms with Gasteiger partial charge in [-0.05, 0) is 73.9 Å². The molecular weight excluding hydrogens is 495 g/mol. The van der Waals surface area contributed by atoms with Crippen molar-refractivity contribution >= 4 is 22.6 Å². The third kappa shape index (κ3) is 5.67. The molecule has 0 bridgehead atoms. The van der Waals surface area contributed by atoms with Crippen molar-refractivity contribution in [1.29, 1.82) is 0 Å². The summed E-state index contributed by atoms with van der Waals surface area (Å²) < 4.78 is 44.7. The lowest BCUT2D eigenvalue weighted by Crippen LogP contribution is -2.40. The van der Waals surface area contributed by atoms with Gasteiger partial charge in [0.25, 0.3) is 5.91 Å². The first-order valence-corrected chi connectivity index (χ1v) is 12.5. The number of carbonyl (C=O) groups is 1. The molecule has 1 aliphatic heterocycles. The Morgan fingerprint density at radius 2 is 1.92 bits per heavy atom. The van der Waals surface area contributed by atoms with Crippen LogP contribution in [0.5, 0.6) is 0 Å². The summed E-state index contributed by atoms with van der Waals surface area (Å²) in [6.45, 7) is 3.43. The first-order valence-electron chi connectivity index (χ1n) is 12.5. The molecule has 1 amide bonds. The van der Waals surface area contributed by atoms with Crippen LogP contribution in [0, 0.1) is 6.92 Å². The minimum Gasteiger partial charge on any atom is -0.467 e. The van der Waals surface area contributed by atoms with Crippen molar-refractivity contribution in [1.82, 2.24) is 9.88 Å². The van der Waals surface area contributed by atoms with Gasteiger partial charge in [-0.3, -0.25) is 4.79 Å². The number of hydrogen-bond acceptors (Lipinski definition) is 5. The summed E-state index contributed by atoms with van der Waals surface area (Å²) in [5.74, 6) is 0.805. The number of β-amino-alcohol motifs (C(OH)–C–C–N with tert-alkyl or cyclic N) is 1. The highest BCUT2D eigenvalue weighted by molar-refractivity contribution is 5.94. The largest absolute Gasteiger partial charge is 0.467 e. The lowest BCUT2D eigenvalue weighted by atomic mass is 10.0. The van der Waals surface area contributed by atoms with Gasteiger partial charge in [0.2, 0.25) is 0 Å². The molecule has 4 aromatic rings. The molecule has 1 unspecified atom stereocenters. The number of alkyl halides is 3. The van der Waals surface area contributed by atoms with Gasteiger partial charge in [-0.25, -0.2) is 4.98 Å². The van der Waals surface area contributed by atoms with Crippen molar-refractivity contribution in [3.05, 3.63) is 94.9 Å². The van der Waals surface area contributed by atoms with Crippen LogP contribution in [0.2, 0.25) is 0 Å². The maximum atomic E-state index is 13.6. The molecular formula is C29H28F3N3O3. The van der Waals surface area contributed by atoms with E-state index in [1.54, 1.807) is 17.0 Å². The molecule has 5 rings (SSSR count). The Morgan fingerprint density at radius 3 is 2.61 bits per heavy atom. The van der Waals surface area contributed by atoms with Gasteiger partial charge in [0.1, 0.15) is 11.6 Å². The second kappa shape index (κ2) is 10.5. The van der Waals surface area contributed by atoms with Crippen LogP contribution in [0.4, 0.5) is 19.0 Å². The number of benzene rings is 2. The van der Waals surface area contributed by atoms with Crippen molar-refractivity contribution in [2.75, 3.05) is 18.0 Å². The molecule has 6 nitrogen and oxygen atoms in total. The average molecular weight is 524 g/mol. The van der Waals surface area contributed by atoms with Gasteiger partial charge in [0.05, 0.1) is 36.5 Å². The van der Waals surface area contributed by atoms with E-state index in [4.69, 9.17) is 9.40 Å². The number of halogens is 3. The van der Waals surface area contributed by atoms with E-state index >= 15 is 0 Å². The van der Waals surface area contributed by atoms with Crippen molar-refractivity contribution in [2.45, 2.75) is 45.1 Å². The number of amides is 1. The van der Waals surface area contributed by atoms with Gasteiger partial charge in [-0.2, -0.15) is 13.2 Å².